The molecule has 1 aliphatic heterocycles. The van der Waals surface area contributed by atoms with Gasteiger partial charge in [-0.05, 0) is 48.2 Å². The molecule has 0 bridgehead atoms. The van der Waals surface area contributed by atoms with Gasteiger partial charge in [-0.1, -0.05) is 42.5 Å². The fourth-order valence-electron chi connectivity index (χ4n) is 5.52. The minimum absolute atomic E-state index is 0.0820. The van der Waals surface area contributed by atoms with Crippen molar-refractivity contribution in [1.29, 1.82) is 0 Å². The number of amides is 1. The van der Waals surface area contributed by atoms with Gasteiger partial charge >= 0.3 is 0 Å². The van der Waals surface area contributed by atoms with Crippen molar-refractivity contribution in [1.82, 2.24) is 20.1 Å². The lowest BCUT2D eigenvalue weighted by molar-refractivity contribution is -0.123. The standard InChI is InChI=1S/C31H34N4O4/c36-24(21-38-25-11-13-29-28(18-25)33-31(39-29)23-7-2-1-3-8-23)19-34-14-16-35(17-15-34)20-30(37)32-27-12-10-22-6-4-5-9-26(22)27/h1-9,11,13,18,24,27,36H,10,12,14-17,19-21H2,(H,32,37)/t24?,27-/m0/s1. The summed E-state index contributed by atoms with van der Waals surface area (Å²) in [5.41, 5.74) is 4.94. The number of β-amino-alcohol motifs (C(OH)–C–C–N with tert-alkyl or cyclic N) is 1. The predicted octanol–water partition coefficient (Wildman–Crippen LogP) is 3.66. The van der Waals surface area contributed by atoms with E-state index in [0.29, 0.717) is 30.3 Å². The van der Waals surface area contributed by atoms with Gasteiger partial charge in [0.2, 0.25) is 11.8 Å². The number of piperazine rings is 1. The summed E-state index contributed by atoms with van der Waals surface area (Å²) in [4.78, 5) is 21.7. The fourth-order valence-corrected chi connectivity index (χ4v) is 5.52. The molecular formula is C31H34N4O4. The molecule has 202 valence electrons. The van der Waals surface area contributed by atoms with Crippen LogP contribution in [0.1, 0.15) is 23.6 Å². The molecule has 1 aromatic heterocycles. The lowest BCUT2D eigenvalue weighted by Gasteiger charge is -2.35. The molecule has 1 aliphatic carbocycles. The van der Waals surface area contributed by atoms with E-state index in [4.69, 9.17) is 9.15 Å². The van der Waals surface area contributed by atoms with Crippen LogP contribution in [0.2, 0.25) is 0 Å². The van der Waals surface area contributed by atoms with Crippen LogP contribution in [0.4, 0.5) is 0 Å². The largest absolute Gasteiger partial charge is 0.491 e. The van der Waals surface area contributed by atoms with Crippen LogP contribution < -0.4 is 10.1 Å². The van der Waals surface area contributed by atoms with Gasteiger partial charge in [-0.15, -0.1) is 0 Å². The van der Waals surface area contributed by atoms with Gasteiger partial charge < -0.3 is 19.6 Å². The number of aromatic nitrogens is 1. The summed E-state index contributed by atoms with van der Waals surface area (Å²) in [7, 11) is 0. The number of aryl methyl sites for hydroxylation is 1. The third kappa shape index (κ3) is 6.14. The zero-order valence-electron chi connectivity index (χ0n) is 22.0. The van der Waals surface area contributed by atoms with Gasteiger partial charge in [-0.2, -0.15) is 0 Å². The second-order valence-corrected chi connectivity index (χ2v) is 10.4. The summed E-state index contributed by atoms with van der Waals surface area (Å²) < 4.78 is 11.7. The molecule has 1 fully saturated rings. The van der Waals surface area contributed by atoms with E-state index < -0.39 is 6.10 Å². The Morgan fingerprint density at radius 3 is 2.64 bits per heavy atom. The van der Waals surface area contributed by atoms with Crippen molar-refractivity contribution < 1.29 is 19.1 Å². The van der Waals surface area contributed by atoms with E-state index in [1.165, 1.54) is 11.1 Å². The number of benzene rings is 3. The van der Waals surface area contributed by atoms with Crippen LogP contribution >= 0.6 is 0 Å². The summed E-state index contributed by atoms with van der Waals surface area (Å²) in [5, 5.41) is 13.8. The number of carbonyl (C=O) groups is 1. The fraction of sp³-hybridized carbons (Fsp3) is 0.355. The molecule has 0 spiro atoms. The first-order valence-corrected chi connectivity index (χ1v) is 13.7. The van der Waals surface area contributed by atoms with Crippen LogP contribution in [0, 0.1) is 0 Å². The van der Waals surface area contributed by atoms with Crippen molar-refractivity contribution in [3.8, 4) is 17.2 Å². The third-order valence-electron chi connectivity index (χ3n) is 7.59. The van der Waals surface area contributed by atoms with Crippen molar-refractivity contribution in [2.24, 2.45) is 0 Å². The van der Waals surface area contributed by atoms with E-state index in [2.05, 4.69) is 38.3 Å². The zero-order chi connectivity index (χ0) is 26.6. The number of hydrogen-bond acceptors (Lipinski definition) is 7. The maximum absolute atomic E-state index is 12.7. The van der Waals surface area contributed by atoms with Crippen LogP contribution in [0.25, 0.3) is 22.6 Å². The van der Waals surface area contributed by atoms with Crippen molar-refractivity contribution in [2.45, 2.75) is 25.0 Å². The van der Waals surface area contributed by atoms with Gasteiger partial charge in [0.25, 0.3) is 0 Å². The van der Waals surface area contributed by atoms with E-state index >= 15 is 0 Å². The lowest BCUT2D eigenvalue weighted by Crippen LogP contribution is -2.51. The molecule has 8 nitrogen and oxygen atoms in total. The minimum Gasteiger partial charge on any atom is -0.491 e. The number of nitrogens with one attached hydrogen (secondary N) is 1. The summed E-state index contributed by atoms with van der Waals surface area (Å²) in [5.74, 6) is 1.30. The first-order valence-electron chi connectivity index (χ1n) is 13.7. The number of fused-ring (bicyclic) bond motifs is 2. The smallest absolute Gasteiger partial charge is 0.234 e. The number of nitrogens with zero attached hydrogens (tertiary/aromatic N) is 3. The molecule has 0 radical (unpaired) electrons. The Morgan fingerprint density at radius 2 is 1.79 bits per heavy atom. The van der Waals surface area contributed by atoms with Crippen LogP contribution in [0.15, 0.2) is 77.2 Å². The van der Waals surface area contributed by atoms with E-state index in [-0.39, 0.29) is 18.6 Å². The first kappa shape index (κ1) is 25.6. The molecule has 1 saturated heterocycles. The van der Waals surface area contributed by atoms with Crippen molar-refractivity contribution >= 4 is 17.0 Å². The van der Waals surface area contributed by atoms with E-state index in [1.54, 1.807) is 0 Å². The summed E-state index contributed by atoms with van der Waals surface area (Å²) >= 11 is 0. The van der Waals surface area contributed by atoms with Gasteiger partial charge in [0.15, 0.2) is 5.58 Å². The Labute approximate surface area is 228 Å². The first-order chi connectivity index (χ1) is 19.1. The number of aliphatic hydroxyl groups excluding tert-OH is 1. The lowest BCUT2D eigenvalue weighted by atomic mass is 10.1. The Balaban J connectivity index is 0.930. The topological polar surface area (TPSA) is 91.1 Å². The Morgan fingerprint density at radius 1 is 1.03 bits per heavy atom. The zero-order valence-corrected chi connectivity index (χ0v) is 22.0. The van der Waals surface area contributed by atoms with E-state index in [1.807, 2.05) is 54.6 Å². The normalized spacial score (nSPS) is 18.6. The molecule has 6 rings (SSSR count). The third-order valence-corrected chi connectivity index (χ3v) is 7.59. The Kier molecular flexibility index (Phi) is 7.58. The molecule has 2 N–H and O–H groups in total. The number of hydrogen-bond donors (Lipinski definition) is 2. The molecule has 4 aromatic rings. The van der Waals surface area contributed by atoms with Gasteiger partial charge in [0.1, 0.15) is 24.0 Å². The highest BCUT2D eigenvalue weighted by atomic mass is 16.5. The molecule has 2 heterocycles. The average Bonchev–Trinajstić information content (AvgIpc) is 3.57. The van der Waals surface area contributed by atoms with Gasteiger partial charge in [0, 0.05) is 44.4 Å². The Bertz CT molecular complexity index is 1410. The van der Waals surface area contributed by atoms with Crippen molar-refractivity contribution in [2.75, 3.05) is 45.9 Å². The molecule has 1 unspecified atom stereocenters. The maximum atomic E-state index is 12.7. The second-order valence-electron chi connectivity index (χ2n) is 10.4. The highest BCUT2D eigenvalue weighted by molar-refractivity contribution is 5.79. The van der Waals surface area contributed by atoms with Gasteiger partial charge in [-0.25, -0.2) is 4.98 Å². The SMILES string of the molecule is O=C(CN1CCN(CC(O)COc2ccc3oc(-c4ccccc4)nc3c2)CC1)N[C@H]1CCc2ccccc21. The molecule has 39 heavy (non-hydrogen) atoms. The summed E-state index contributed by atoms with van der Waals surface area (Å²) in [6.07, 6.45) is 1.38. The molecule has 2 aliphatic rings. The molecular weight excluding hydrogens is 492 g/mol. The molecule has 1 amide bonds. The summed E-state index contributed by atoms with van der Waals surface area (Å²) in [6.45, 7) is 4.36. The van der Waals surface area contributed by atoms with Crippen LogP contribution in [-0.2, 0) is 11.2 Å². The monoisotopic (exact) mass is 526 g/mol. The number of ether oxygens (including phenoxy) is 1. The molecule has 0 saturated carbocycles. The second kappa shape index (κ2) is 11.6. The van der Waals surface area contributed by atoms with Crippen LogP contribution in [0.3, 0.4) is 0 Å². The number of oxazole rings is 1. The molecule has 2 atom stereocenters. The van der Waals surface area contributed by atoms with Crippen molar-refractivity contribution in [3.63, 3.8) is 0 Å². The highest BCUT2D eigenvalue weighted by Gasteiger charge is 2.25. The van der Waals surface area contributed by atoms with Crippen molar-refractivity contribution in [3.05, 3.63) is 83.9 Å². The van der Waals surface area contributed by atoms with Gasteiger partial charge in [0.05, 0.1) is 12.6 Å². The quantitative estimate of drug-likeness (QED) is 0.344. The number of aliphatic hydroxyl groups is 1. The predicted molar refractivity (Wildman–Crippen MR) is 149 cm³/mol. The van der Waals surface area contributed by atoms with Crippen LogP contribution in [0.5, 0.6) is 5.75 Å². The van der Waals surface area contributed by atoms with E-state index in [9.17, 15) is 9.90 Å². The minimum atomic E-state index is -0.616. The average molecular weight is 527 g/mol. The summed E-state index contributed by atoms with van der Waals surface area (Å²) in [6, 6.07) is 23.8. The Hall–Kier alpha value is -3.72. The maximum Gasteiger partial charge on any atom is 0.234 e. The molecule has 3 aromatic carbocycles. The van der Waals surface area contributed by atoms with Crippen LogP contribution in [-0.4, -0.2) is 77.8 Å². The highest BCUT2D eigenvalue weighted by Crippen LogP contribution is 2.30. The number of rotatable bonds is 9. The molecule has 8 heteroatoms. The number of carbonyl (C=O) groups excluding carboxylic acids is 1. The van der Waals surface area contributed by atoms with E-state index in [0.717, 1.165) is 50.1 Å². The van der Waals surface area contributed by atoms with Gasteiger partial charge in [-0.3, -0.25) is 14.6 Å².